The van der Waals surface area contributed by atoms with E-state index < -0.39 is 12.0 Å². The molecule has 14 heteroatoms. The molecule has 6 aromatic rings. The first-order valence-corrected chi connectivity index (χ1v) is 23.6. The molecule has 0 fully saturated rings. The molecule has 0 spiro atoms. The Morgan fingerprint density at radius 1 is 0.642 bits per heavy atom. The maximum absolute atomic E-state index is 13.9. The maximum atomic E-state index is 13.9. The van der Waals surface area contributed by atoms with Crippen LogP contribution < -0.4 is 14.2 Å². The number of thiophene rings is 1. The number of hydrogen-bond acceptors (Lipinski definition) is 9. The maximum Gasteiger partial charge on any atom is 0.587 e. The van der Waals surface area contributed by atoms with E-state index in [4.69, 9.17) is 20.8 Å². The van der Waals surface area contributed by atoms with Crippen LogP contribution in [0.3, 0.4) is 0 Å². The van der Waals surface area contributed by atoms with Gasteiger partial charge in [-0.15, -0.1) is 20.1 Å². The first-order valence-electron chi connectivity index (χ1n) is 22.4. The summed E-state index contributed by atoms with van der Waals surface area (Å²) in [4.78, 5) is 17.3. The molecule has 0 amide bonds. The molecule has 0 saturated carbocycles. The van der Waals surface area contributed by atoms with Gasteiger partial charge in [0.25, 0.3) is 11.8 Å². The van der Waals surface area contributed by atoms with Gasteiger partial charge < -0.3 is 18.6 Å². The van der Waals surface area contributed by atoms with Crippen molar-refractivity contribution in [3.63, 3.8) is 0 Å². The molecule has 8 rings (SSSR count). The van der Waals surface area contributed by atoms with Gasteiger partial charge in [0, 0.05) is 64.7 Å². The van der Waals surface area contributed by atoms with Crippen LogP contribution in [0.25, 0.3) is 11.1 Å². The van der Waals surface area contributed by atoms with Gasteiger partial charge in [-0.25, -0.2) is 23.7 Å². The predicted molar refractivity (Wildman–Crippen MR) is 264 cm³/mol. The van der Waals surface area contributed by atoms with Gasteiger partial charge in [-0.3, -0.25) is 4.98 Å². The average molecular weight is 970 g/mol. The SMILES string of the molecule is CC(C)(C)c1ccc(Cl)s1.CC(C)(C)c1ccnc2c1OC(F)(F)O2.CC(C)(C)c1ccnc2occc12.CC1(F)Cc2nccc(C(C)(C)C)c2C1.CCOc1nccc(C(C)(C)C)c1F. The molecular formula is C53H69ClF4N4O4S. The highest BCUT2D eigenvalue weighted by molar-refractivity contribution is 7.16. The summed E-state index contributed by atoms with van der Waals surface area (Å²) in [5.74, 6) is -0.357. The van der Waals surface area contributed by atoms with E-state index >= 15 is 0 Å². The van der Waals surface area contributed by atoms with Crippen molar-refractivity contribution in [2.75, 3.05) is 6.61 Å². The third kappa shape index (κ3) is 15.1. The molecule has 7 heterocycles. The number of ether oxygens (including phenoxy) is 3. The van der Waals surface area contributed by atoms with Crippen LogP contribution in [0.4, 0.5) is 17.6 Å². The average Bonchev–Trinajstić information content (AvgIpc) is 3.98. The molecule has 67 heavy (non-hydrogen) atoms. The Morgan fingerprint density at radius 3 is 1.72 bits per heavy atom. The Balaban J connectivity index is 0.000000184. The molecule has 1 atom stereocenters. The molecule has 0 aromatic carbocycles. The minimum atomic E-state index is -3.60. The second-order valence-electron chi connectivity index (χ2n) is 22.0. The first kappa shape index (κ1) is 54.9. The zero-order chi connectivity index (χ0) is 50.6. The van der Waals surface area contributed by atoms with Crippen molar-refractivity contribution in [2.24, 2.45) is 0 Å². The van der Waals surface area contributed by atoms with E-state index in [2.05, 4.69) is 104 Å². The number of pyridine rings is 4. The molecule has 366 valence electrons. The molecular weight excluding hydrogens is 900 g/mol. The lowest BCUT2D eigenvalue weighted by Gasteiger charge is -2.22. The zero-order valence-electron chi connectivity index (χ0n) is 42.3. The Bertz CT molecular complexity index is 2500. The van der Waals surface area contributed by atoms with Gasteiger partial charge in [-0.2, -0.15) is 0 Å². The molecule has 0 saturated heterocycles. The van der Waals surface area contributed by atoms with E-state index in [9.17, 15) is 17.6 Å². The van der Waals surface area contributed by atoms with Gasteiger partial charge in [-0.1, -0.05) is 115 Å². The predicted octanol–water partition coefficient (Wildman–Crippen LogP) is 15.6. The second kappa shape index (κ2) is 20.9. The molecule has 0 N–H and O–H groups in total. The van der Waals surface area contributed by atoms with Crippen molar-refractivity contribution < 1.29 is 36.2 Å². The van der Waals surface area contributed by atoms with Crippen LogP contribution in [-0.4, -0.2) is 38.5 Å². The molecule has 6 aromatic heterocycles. The Kier molecular flexibility index (Phi) is 17.1. The van der Waals surface area contributed by atoms with E-state index in [0.29, 0.717) is 30.6 Å². The summed E-state index contributed by atoms with van der Waals surface area (Å²) in [6.07, 6.45) is 5.69. The largest absolute Gasteiger partial charge is 0.587 e. The number of aromatic nitrogens is 4. The Hall–Kier alpha value is -4.75. The van der Waals surface area contributed by atoms with Crippen LogP contribution in [0.5, 0.6) is 17.5 Å². The van der Waals surface area contributed by atoms with Crippen LogP contribution in [-0.2, 0) is 39.9 Å². The van der Waals surface area contributed by atoms with E-state index in [1.807, 2.05) is 66.7 Å². The number of hydrogen-bond donors (Lipinski definition) is 0. The normalized spacial score (nSPS) is 16.3. The summed E-state index contributed by atoms with van der Waals surface area (Å²) >= 11 is 7.45. The number of rotatable bonds is 2. The van der Waals surface area contributed by atoms with Crippen molar-refractivity contribution in [1.29, 1.82) is 0 Å². The van der Waals surface area contributed by atoms with Gasteiger partial charge in [0.1, 0.15) is 5.67 Å². The number of nitrogens with zero attached hydrogens (tertiary/aromatic N) is 4. The van der Waals surface area contributed by atoms with Gasteiger partial charge in [-0.05, 0) is 100 Å². The van der Waals surface area contributed by atoms with Crippen LogP contribution in [0, 0.1) is 5.82 Å². The molecule has 0 bridgehead atoms. The fourth-order valence-corrected chi connectivity index (χ4v) is 8.40. The summed E-state index contributed by atoms with van der Waals surface area (Å²) in [7, 11) is 0. The molecule has 0 radical (unpaired) electrons. The lowest BCUT2D eigenvalue weighted by molar-refractivity contribution is -0.287. The molecule has 1 aliphatic carbocycles. The zero-order valence-corrected chi connectivity index (χ0v) is 43.8. The van der Waals surface area contributed by atoms with Crippen molar-refractivity contribution in [3.05, 3.63) is 122 Å². The minimum Gasteiger partial charge on any atom is -0.476 e. The van der Waals surface area contributed by atoms with Crippen LogP contribution in [0.15, 0.2) is 77.9 Å². The van der Waals surface area contributed by atoms with Gasteiger partial charge in [0.15, 0.2) is 11.6 Å². The summed E-state index contributed by atoms with van der Waals surface area (Å²) in [5.41, 5.74) is 5.48. The number of halogens is 5. The van der Waals surface area contributed by atoms with Gasteiger partial charge >= 0.3 is 6.29 Å². The van der Waals surface area contributed by atoms with Gasteiger partial charge in [0.05, 0.1) is 17.2 Å². The van der Waals surface area contributed by atoms with Crippen molar-refractivity contribution >= 4 is 34.0 Å². The molecule has 2 aliphatic rings. The topological polar surface area (TPSA) is 92.4 Å². The summed E-state index contributed by atoms with van der Waals surface area (Å²) in [6, 6.07) is 13.4. The van der Waals surface area contributed by atoms with E-state index in [0.717, 1.165) is 26.7 Å². The lowest BCUT2D eigenvalue weighted by Crippen LogP contribution is -2.26. The standard InChI is InChI=1S/C13H18FN.C11H16FNO.C11H13NO.C10H11F2NO2.C8H11ClS/c1-12(2,3)10-5-6-15-11-8-13(4,14)7-9(10)11;1-5-14-10-9(12)8(6-7-13-10)11(2,3)4;1-11(2,3)9-4-6-12-10-8(9)5-7-13-10;1-9(2,3)6-4-5-13-8-7(6)14-10(11,12)15-8;1-8(2,3)6-4-5-7(9)10-6/h5-6H,7-8H2,1-4H3;6-7H,5H2,1-4H3;4-7H,1-3H3;4-5H,1-3H3;4-5H,1-3H3. The van der Waals surface area contributed by atoms with E-state index in [1.54, 1.807) is 55.2 Å². The summed E-state index contributed by atoms with van der Waals surface area (Å²) in [5, 5.41) is 1.12. The smallest absolute Gasteiger partial charge is 0.476 e. The van der Waals surface area contributed by atoms with E-state index in [-0.39, 0.29) is 50.4 Å². The fraction of sp³-hybridized carbons (Fsp3) is 0.509. The van der Waals surface area contributed by atoms with E-state index in [1.165, 1.54) is 22.2 Å². The van der Waals surface area contributed by atoms with Crippen LogP contribution in [0.2, 0.25) is 4.34 Å². The quantitative estimate of drug-likeness (QED) is 0.158. The Morgan fingerprint density at radius 2 is 1.18 bits per heavy atom. The number of alkyl halides is 3. The molecule has 1 unspecified atom stereocenters. The third-order valence-electron chi connectivity index (χ3n) is 10.6. The first-order chi connectivity index (χ1) is 30.6. The lowest BCUT2D eigenvalue weighted by atomic mass is 9.83. The second-order valence-corrected chi connectivity index (χ2v) is 23.7. The Labute approximate surface area is 404 Å². The highest BCUT2D eigenvalue weighted by Gasteiger charge is 2.46. The summed E-state index contributed by atoms with van der Waals surface area (Å²) < 4.78 is 73.2. The summed E-state index contributed by atoms with van der Waals surface area (Å²) in [6.45, 7) is 35.1. The molecule has 8 nitrogen and oxygen atoms in total. The highest BCUT2D eigenvalue weighted by Crippen LogP contribution is 2.45. The van der Waals surface area contributed by atoms with Crippen LogP contribution >= 0.6 is 22.9 Å². The van der Waals surface area contributed by atoms with Crippen molar-refractivity contribution in [2.45, 2.75) is 170 Å². The number of fused-ring (bicyclic) bond motifs is 3. The van der Waals surface area contributed by atoms with Crippen LogP contribution in [0.1, 0.15) is 156 Å². The van der Waals surface area contributed by atoms with Crippen molar-refractivity contribution in [1.82, 2.24) is 19.9 Å². The highest BCUT2D eigenvalue weighted by atomic mass is 35.5. The molecule has 1 aliphatic heterocycles. The fourth-order valence-electron chi connectivity index (χ4n) is 7.30. The van der Waals surface area contributed by atoms with Crippen molar-refractivity contribution in [3.8, 4) is 17.5 Å². The third-order valence-corrected chi connectivity index (χ3v) is 12.2. The minimum absolute atomic E-state index is 0.0370. The monoisotopic (exact) mass is 968 g/mol. The number of furan rings is 1. The van der Waals surface area contributed by atoms with Gasteiger partial charge in [0.2, 0.25) is 5.71 Å².